The van der Waals surface area contributed by atoms with Crippen LogP contribution in [0.25, 0.3) is 0 Å². The van der Waals surface area contributed by atoms with Crippen molar-refractivity contribution in [2.24, 2.45) is 5.73 Å². The van der Waals surface area contributed by atoms with E-state index in [9.17, 15) is 4.79 Å². The monoisotopic (exact) mass is 253 g/mol. The molecule has 0 fully saturated rings. The molecule has 0 aromatic heterocycles. The maximum atomic E-state index is 11.8. The minimum absolute atomic E-state index is 0.00278. The highest BCUT2D eigenvalue weighted by atomic mass is 32.2. The number of rotatable bonds is 3. The minimum Gasteiger partial charge on any atom is -0.399 e. The molecule has 0 spiro atoms. The second-order valence-electron chi connectivity index (χ2n) is 3.96. The van der Waals surface area contributed by atoms with E-state index in [4.69, 9.17) is 16.6 Å². The van der Waals surface area contributed by atoms with Crippen LogP contribution in [-0.4, -0.2) is 36.0 Å². The van der Waals surface area contributed by atoms with E-state index in [2.05, 4.69) is 0 Å². The van der Waals surface area contributed by atoms with Crippen molar-refractivity contribution in [3.63, 3.8) is 0 Å². The molecule has 0 saturated carbocycles. The molecule has 1 aromatic carbocycles. The van der Waals surface area contributed by atoms with Crippen LogP contribution < -0.4 is 16.4 Å². The number of benzene rings is 1. The van der Waals surface area contributed by atoms with E-state index in [1.165, 1.54) is 11.8 Å². The predicted molar refractivity (Wildman–Crippen MR) is 69.0 cm³/mol. The fraction of sp³-hybridized carbons (Fsp3) is 0.364. The number of thioether (sulfide) groups is 1. The van der Waals surface area contributed by atoms with E-state index >= 15 is 0 Å². The van der Waals surface area contributed by atoms with Crippen LogP contribution in [0.4, 0.5) is 11.4 Å². The summed E-state index contributed by atoms with van der Waals surface area (Å²) in [6.07, 6.45) is 0. The summed E-state index contributed by atoms with van der Waals surface area (Å²) in [5.41, 5.74) is 12.8. The fourth-order valence-electron chi connectivity index (χ4n) is 1.71. The lowest BCUT2D eigenvalue weighted by molar-refractivity contribution is -0.116. The average Bonchev–Trinajstić information content (AvgIpc) is 2.32. The molecule has 1 aliphatic heterocycles. The highest BCUT2D eigenvalue weighted by Gasteiger charge is 2.26. The zero-order valence-electron chi connectivity index (χ0n) is 9.30. The number of amides is 1. The number of hydrogen-bond donors (Lipinski definition) is 3. The Hall–Kier alpha value is -1.24. The number of fused-ring (bicyclic) bond motifs is 1. The van der Waals surface area contributed by atoms with Crippen LogP contribution in [0, 0.1) is 0 Å². The highest BCUT2D eigenvalue weighted by Crippen LogP contribution is 2.36. The van der Waals surface area contributed by atoms with Crippen LogP contribution in [0.2, 0.25) is 0 Å². The molecule has 1 atom stereocenters. The van der Waals surface area contributed by atoms with E-state index in [-0.39, 0.29) is 12.5 Å². The van der Waals surface area contributed by atoms with E-state index in [0.29, 0.717) is 18.0 Å². The van der Waals surface area contributed by atoms with Gasteiger partial charge in [0.15, 0.2) is 0 Å². The predicted octanol–water partition coefficient (Wildman–Crippen LogP) is 0.0271. The van der Waals surface area contributed by atoms with Crippen LogP contribution in [-0.2, 0) is 4.79 Å². The number of carbonyl (C=O) groups is 1. The Morgan fingerprint density at radius 1 is 1.53 bits per heavy atom. The molecular formula is C11H15N3O2S. The maximum absolute atomic E-state index is 11.8. The quantitative estimate of drug-likeness (QED) is 0.661. The van der Waals surface area contributed by atoms with Crippen molar-refractivity contribution in [2.75, 3.05) is 29.5 Å². The molecule has 0 bridgehead atoms. The van der Waals surface area contributed by atoms with Crippen LogP contribution in [0.3, 0.4) is 0 Å². The summed E-state index contributed by atoms with van der Waals surface area (Å²) < 4.78 is 0. The number of anilines is 2. The van der Waals surface area contributed by atoms with Gasteiger partial charge in [0, 0.05) is 23.2 Å². The topological polar surface area (TPSA) is 92.6 Å². The van der Waals surface area contributed by atoms with Gasteiger partial charge in [-0.3, -0.25) is 4.79 Å². The lowest BCUT2D eigenvalue weighted by Crippen LogP contribution is -2.45. The van der Waals surface area contributed by atoms with E-state index in [0.717, 1.165) is 10.6 Å². The Labute approximate surface area is 104 Å². The Morgan fingerprint density at radius 2 is 2.29 bits per heavy atom. The van der Waals surface area contributed by atoms with Gasteiger partial charge < -0.3 is 21.5 Å². The Morgan fingerprint density at radius 3 is 3.00 bits per heavy atom. The number of hydrogen-bond acceptors (Lipinski definition) is 5. The average molecular weight is 253 g/mol. The molecule has 6 heteroatoms. The van der Waals surface area contributed by atoms with E-state index in [1.54, 1.807) is 11.0 Å². The van der Waals surface area contributed by atoms with Crippen molar-refractivity contribution in [3.05, 3.63) is 18.2 Å². The Kier molecular flexibility index (Phi) is 3.56. The van der Waals surface area contributed by atoms with E-state index in [1.807, 2.05) is 12.1 Å². The van der Waals surface area contributed by atoms with Crippen molar-refractivity contribution < 1.29 is 9.90 Å². The van der Waals surface area contributed by atoms with Crippen molar-refractivity contribution in [1.82, 2.24) is 0 Å². The third-order valence-corrected chi connectivity index (χ3v) is 3.63. The van der Waals surface area contributed by atoms with Crippen LogP contribution in [0.1, 0.15) is 0 Å². The number of nitrogens with zero attached hydrogens (tertiary/aromatic N) is 1. The first kappa shape index (κ1) is 12.2. The molecule has 1 unspecified atom stereocenters. The van der Waals surface area contributed by atoms with Gasteiger partial charge in [-0.25, -0.2) is 0 Å². The van der Waals surface area contributed by atoms with Gasteiger partial charge in [-0.1, -0.05) is 0 Å². The number of aliphatic hydroxyl groups is 1. The molecule has 2 rings (SSSR count). The van der Waals surface area contributed by atoms with Gasteiger partial charge in [0.25, 0.3) is 0 Å². The van der Waals surface area contributed by atoms with Gasteiger partial charge >= 0.3 is 0 Å². The number of nitrogen functional groups attached to an aromatic ring is 1. The molecule has 0 saturated heterocycles. The Bertz CT molecular complexity index is 439. The lowest BCUT2D eigenvalue weighted by Gasteiger charge is -2.30. The van der Waals surface area contributed by atoms with E-state index < -0.39 is 6.04 Å². The van der Waals surface area contributed by atoms with Crippen LogP contribution in [0.15, 0.2) is 23.1 Å². The molecule has 1 amide bonds. The number of aliphatic hydroxyl groups excluding tert-OH is 1. The van der Waals surface area contributed by atoms with Gasteiger partial charge in [-0.2, -0.15) is 0 Å². The number of nitrogens with two attached hydrogens (primary N) is 2. The summed E-state index contributed by atoms with van der Waals surface area (Å²) >= 11 is 1.49. The molecule has 1 aliphatic rings. The largest absolute Gasteiger partial charge is 0.399 e. The van der Waals surface area contributed by atoms with Crippen LogP contribution >= 0.6 is 11.8 Å². The highest BCUT2D eigenvalue weighted by molar-refractivity contribution is 8.00. The van der Waals surface area contributed by atoms with Crippen LogP contribution in [0.5, 0.6) is 0 Å². The second-order valence-corrected chi connectivity index (χ2v) is 4.98. The number of carbonyl (C=O) groups excluding carboxylic acids is 1. The summed E-state index contributed by atoms with van der Waals surface area (Å²) in [7, 11) is 0. The smallest absolute Gasteiger partial charge is 0.237 e. The van der Waals surface area contributed by atoms with Gasteiger partial charge in [-0.05, 0) is 18.2 Å². The first-order chi connectivity index (χ1) is 8.11. The molecule has 5 N–H and O–H groups in total. The normalized spacial score (nSPS) is 16.8. The molecule has 5 nitrogen and oxygen atoms in total. The zero-order valence-corrected chi connectivity index (χ0v) is 10.1. The fourth-order valence-corrected chi connectivity index (χ4v) is 2.63. The van der Waals surface area contributed by atoms with Crippen molar-refractivity contribution in [1.29, 1.82) is 0 Å². The minimum atomic E-state index is -0.434. The molecule has 1 heterocycles. The zero-order chi connectivity index (χ0) is 12.4. The maximum Gasteiger partial charge on any atom is 0.237 e. The first-order valence-electron chi connectivity index (χ1n) is 5.31. The van der Waals surface area contributed by atoms with Gasteiger partial charge in [0.1, 0.15) is 0 Å². The molecular weight excluding hydrogens is 238 g/mol. The van der Waals surface area contributed by atoms with Gasteiger partial charge in [0.05, 0.1) is 18.0 Å². The SMILES string of the molecule is Nc1ccc2c(c1)N(CC(N)CO)C(=O)CS2. The van der Waals surface area contributed by atoms with Gasteiger partial charge in [-0.15, -0.1) is 11.8 Å². The summed E-state index contributed by atoms with van der Waals surface area (Å²) in [5, 5.41) is 8.96. The summed E-state index contributed by atoms with van der Waals surface area (Å²) in [5.74, 6) is 0.395. The molecule has 17 heavy (non-hydrogen) atoms. The van der Waals surface area contributed by atoms with Gasteiger partial charge in [0.2, 0.25) is 5.91 Å². The molecule has 0 radical (unpaired) electrons. The molecule has 0 aliphatic carbocycles. The summed E-state index contributed by atoms with van der Waals surface area (Å²) in [6, 6.07) is 5.05. The third-order valence-electron chi connectivity index (χ3n) is 2.58. The first-order valence-corrected chi connectivity index (χ1v) is 6.29. The van der Waals surface area contributed by atoms with Crippen molar-refractivity contribution in [3.8, 4) is 0 Å². The molecule has 1 aromatic rings. The standard InChI is InChI=1S/C11H15N3O2S/c12-7-1-2-10-9(3-7)14(4-8(13)5-15)11(16)6-17-10/h1-3,8,15H,4-6,12-13H2. The summed E-state index contributed by atoms with van der Waals surface area (Å²) in [6.45, 7) is 0.168. The second kappa shape index (κ2) is 4.95. The lowest BCUT2D eigenvalue weighted by atomic mass is 10.2. The molecule has 92 valence electrons. The van der Waals surface area contributed by atoms with Crippen molar-refractivity contribution in [2.45, 2.75) is 10.9 Å². The van der Waals surface area contributed by atoms with Crippen molar-refractivity contribution >= 4 is 29.0 Å². The Balaban J connectivity index is 2.32. The summed E-state index contributed by atoms with van der Waals surface area (Å²) in [4.78, 5) is 14.5. The third kappa shape index (κ3) is 2.54.